The lowest BCUT2D eigenvalue weighted by Gasteiger charge is -2.61. The maximum atomic E-state index is 14.4. The first kappa shape index (κ1) is 29.8. The molecule has 0 bridgehead atoms. The summed E-state index contributed by atoms with van der Waals surface area (Å²) in [5.41, 5.74) is -2.71. The van der Waals surface area contributed by atoms with Gasteiger partial charge in [-0.15, -0.1) is 0 Å². The Kier molecular flexibility index (Phi) is 7.08. The summed E-state index contributed by atoms with van der Waals surface area (Å²) in [6.45, 7) is 8.02. The zero-order chi connectivity index (χ0) is 30.9. The molecule has 0 saturated heterocycles. The second kappa shape index (κ2) is 9.97. The minimum atomic E-state index is -2.69. The van der Waals surface area contributed by atoms with Crippen LogP contribution in [0.1, 0.15) is 68.1 Å². The number of Topliss-reactive ketones (excluding diaryl/α,β-unsaturated/α-hetero) is 5. The molecule has 3 aliphatic carbocycles. The van der Waals surface area contributed by atoms with Crippen LogP contribution in [-0.2, 0) is 38.4 Å². The van der Waals surface area contributed by atoms with Gasteiger partial charge in [-0.05, 0) is 78.8 Å². The van der Waals surface area contributed by atoms with Gasteiger partial charge in [-0.25, -0.2) is 0 Å². The molecule has 0 aromatic heterocycles. The van der Waals surface area contributed by atoms with Crippen LogP contribution >= 0.6 is 0 Å². The first-order chi connectivity index (χ1) is 19.6. The van der Waals surface area contributed by atoms with Gasteiger partial charge in [0, 0.05) is 11.3 Å². The van der Waals surface area contributed by atoms with Gasteiger partial charge in [-0.1, -0.05) is 45.9 Å². The summed E-state index contributed by atoms with van der Waals surface area (Å²) in [6, 6.07) is 10.9. The van der Waals surface area contributed by atoms with Gasteiger partial charge in [0.25, 0.3) is 0 Å². The molecule has 5 rings (SSSR count). The van der Waals surface area contributed by atoms with E-state index in [4.69, 9.17) is 4.74 Å². The highest BCUT2D eigenvalue weighted by molar-refractivity contribution is 6.32. The van der Waals surface area contributed by atoms with E-state index in [2.05, 4.69) is 0 Å². The van der Waals surface area contributed by atoms with Gasteiger partial charge >= 0.3 is 0 Å². The smallest absolute Gasteiger partial charge is 0.190 e. The van der Waals surface area contributed by atoms with Crippen molar-refractivity contribution in [3.63, 3.8) is 0 Å². The quantitative estimate of drug-likeness (QED) is 0.497. The van der Waals surface area contributed by atoms with Crippen LogP contribution in [0.2, 0.25) is 0 Å². The van der Waals surface area contributed by atoms with Crippen LogP contribution in [0.5, 0.6) is 11.5 Å². The number of ether oxygens (including phenoxy) is 1. The van der Waals surface area contributed by atoms with E-state index in [9.17, 15) is 34.2 Å². The molecule has 2 saturated carbocycles. The van der Waals surface area contributed by atoms with Crippen LogP contribution in [0.3, 0.4) is 0 Å². The number of rotatable bonds is 6. The van der Waals surface area contributed by atoms with Crippen molar-refractivity contribution in [2.45, 2.75) is 65.9 Å². The van der Waals surface area contributed by atoms with Crippen molar-refractivity contribution in [1.82, 2.24) is 0 Å². The van der Waals surface area contributed by atoms with E-state index in [1.807, 2.05) is 24.3 Å². The number of benzene rings is 2. The van der Waals surface area contributed by atoms with Gasteiger partial charge < -0.3 is 14.9 Å². The number of carbonyl (C=O) groups excluding carboxylic acids is 5. The second-order valence-electron chi connectivity index (χ2n) is 13.3. The number of phenolic OH excluding ortho intramolecular Hbond substituents is 1. The SMILES string of the molecule is COc1cccc(CCc2ccc(O)c3c2C[C@]2(C)C[C@]4(C)C(C(C)C)C(=O)C(C(C)=O)C(=O)[C@]4(O)C(=O)C2C3=O)c1. The fourth-order valence-electron chi connectivity index (χ4n) is 8.54. The summed E-state index contributed by atoms with van der Waals surface area (Å²) in [4.78, 5) is 68.4. The molecule has 8 nitrogen and oxygen atoms in total. The highest BCUT2D eigenvalue weighted by atomic mass is 16.5. The van der Waals surface area contributed by atoms with Gasteiger partial charge in [-0.2, -0.15) is 0 Å². The van der Waals surface area contributed by atoms with E-state index in [-0.39, 0.29) is 30.1 Å². The number of aryl methyl sites for hydroxylation is 2. The number of hydrogen-bond donors (Lipinski definition) is 2. The molecule has 0 radical (unpaired) electrons. The molecule has 3 unspecified atom stereocenters. The number of methoxy groups -OCH3 is 1. The standard InChI is InChI=1S/C34H38O8/c1-17(2)26-28(37)24(18(3)35)30(39)34(41)31(40)27-29(38)25-22(15-32(27,4)16-33(26,34)5)20(12-13-23(25)36)11-10-19-8-7-9-21(14-19)42-6/h7-9,12-14,17,24,26-27,36,41H,10-11,15-16H2,1-6H3/t24?,26?,27?,32-,33-,34+/m1/s1. The number of phenols is 1. The van der Waals surface area contributed by atoms with Crippen molar-refractivity contribution in [3.8, 4) is 11.5 Å². The summed E-state index contributed by atoms with van der Waals surface area (Å²) in [5, 5.41) is 23.0. The van der Waals surface area contributed by atoms with Crippen molar-refractivity contribution < 1.29 is 38.9 Å². The minimum absolute atomic E-state index is 0.0315. The third kappa shape index (κ3) is 4.02. The van der Waals surface area contributed by atoms with Crippen LogP contribution in [0.25, 0.3) is 0 Å². The molecule has 0 heterocycles. The van der Waals surface area contributed by atoms with Crippen molar-refractivity contribution in [2.75, 3.05) is 7.11 Å². The Morgan fingerprint density at radius 2 is 1.74 bits per heavy atom. The van der Waals surface area contributed by atoms with Crippen LogP contribution in [0.15, 0.2) is 36.4 Å². The van der Waals surface area contributed by atoms with E-state index in [1.165, 1.54) is 6.07 Å². The lowest BCUT2D eigenvalue weighted by Crippen LogP contribution is -2.76. The molecule has 2 aromatic rings. The predicted molar refractivity (Wildman–Crippen MR) is 153 cm³/mol. The summed E-state index contributed by atoms with van der Waals surface area (Å²) < 4.78 is 5.33. The maximum Gasteiger partial charge on any atom is 0.190 e. The summed E-state index contributed by atoms with van der Waals surface area (Å²) >= 11 is 0. The third-order valence-electron chi connectivity index (χ3n) is 10.2. The number of fused-ring (bicyclic) bond motifs is 3. The number of carbonyl (C=O) groups is 5. The largest absolute Gasteiger partial charge is 0.507 e. The van der Waals surface area contributed by atoms with Crippen LogP contribution in [-0.4, -0.2) is 51.8 Å². The lowest BCUT2D eigenvalue weighted by molar-refractivity contribution is -0.205. The van der Waals surface area contributed by atoms with Crippen molar-refractivity contribution >= 4 is 28.9 Å². The predicted octanol–water partition coefficient (Wildman–Crippen LogP) is 3.89. The van der Waals surface area contributed by atoms with E-state index in [0.717, 1.165) is 23.8 Å². The summed E-state index contributed by atoms with van der Waals surface area (Å²) in [7, 11) is 1.60. The number of ketones is 5. The zero-order valence-electron chi connectivity index (χ0n) is 24.9. The average Bonchev–Trinajstić information content (AvgIpc) is 2.90. The van der Waals surface area contributed by atoms with Crippen LogP contribution in [0, 0.1) is 34.5 Å². The highest BCUT2D eigenvalue weighted by Gasteiger charge is 2.76. The average molecular weight is 575 g/mol. The fraction of sp³-hybridized carbons (Fsp3) is 0.500. The zero-order valence-corrected chi connectivity index (χ0v) is 24.9. The topological polar surface area (TPSA) is 135 Å². The normalized spacial score (nSPS) is 32.3. The van der Waals surface area contributed by atoms with E-state index >= 15 is 0 Å². The number of hydrogen-bond acceptors (Lipinski definition) is 8. The first-order valence-corrected chi connectivity index (χ1v) is 14.5. The molecule has 42 heavy (non-hydrogen) atoms. The molecular weight excluding hydrogens is 536 g/mol. The van der Waals surface area contributed by atoms with Gasteiger partial charge in [0.15, 0.2) is 28.7 Å². The molecule has 8 heteroatoms. The van der Waals surface area contributed by atoms with Crippen molar-refractivity contribution in [1.29, 1.82) is 0 Å². The Labute approximate surface area is 245 Å². The molecule has 2 fully saturated rings. The monoisotopic (exact) mass is 574 g/mol. The van der Waals surface area contributed by atoms with Crippen LogP contribution in [0.4, 0.5) is 0 Å². The molecule has 2 aromatic carbocycles. The van der Waals surface area contributed by atoms with Gasteiger partial charge in [0.1, 0.15) is 23.2 Å². The Morgan fingerprint density at radius 1 is 1.05 bits per heavy atom. The second-order valence-corrected chi connectivity index (χ2v) is 13.3. The molecule has 0 amide bonds. The highest BCUT2D eigenvalue weighted by Crippen LogP contribution is 2.63. The molecule has 3 aliphatic rings. The van der Waals surface area contributed by atoms with Crippen molar-refractivity contribution in [2.24, 2.45) is 34.5 Å². The summed E-state index contributed by atoms with van der Waals surface area (Å²) in [5.74, 6) is -8.12. The van der Waals surface area contributed by atoms with Gasteiger partial charge in [-0.3, -0.25) is 24.0 Å². The van der Waals surface area contributed by atoms with Gasteiger partial charge in [0.05, 0.1) is 18.6 Å². The Balaban J connectivity index is 1.62. The molecular formula is C34H38O8. The Bertz CT molecular complexity index is 1540. The van der Waals surface area contributed by atoms with Crippen LogP contribution < -0.4 is 4.74 Å². The first-order valence-electron chi connectivity index (χ1n) is 14.5. The fourth-order valence-corrected chi connectivity index (χ4v) is 8.54. The van der Waals surface area contributed by atoms with E-state index in [1.54, 1.807) is 40.9 Å². The van der Waals surface area contributed by atoms with E-state index < -0.39 is 63.1 Å². The van der Waals surface area contributed by atoms with Gasteiger partial charge in [0.2, 0.25) is 0 Å². The molecule has 0 aliphatic heterocycles. The maximum absolute atomic E-state index is 14.4. The number of aromatic hydroxyl groups is 1. The van der Waals surface area contributed by atoms with Crippen molar-refractivity contribution in [3.05, 3.63) is 58.7 Å². The molecule has 0 spiro atoms. The Hall–Kier alpha value is -3.65. The van der Waals surface area contributed by atoms with E-state index in [0.29, 0.717) is 18.4 Å². The molecule has 2 N–H and O–H groups in total. The lowest BCUT2D eigenvalue weighted by atomic mass is 9.40. The number of aliphatic hydroxyl groups is 1. The third-order valence-corrected chi connectivity index (χ3v) is 10.2. The Morgan fingerprint density at radius 3 is 2.36 bits per heavy atom. The summed E-state index contributed by atoms with van der Waals surface area (Å²) in [6.07, 6.45) is 1.48. The molecule has 222 valence electrons. The molecule has 6 atom stereocenters. The minimum Gasteiger partial charge on any atom is -0.507 e.